The van der Waals surface area contributed by atoms with E-state index < -0.39 is 15.8 Å². The van der Waals surface area contributed by atoms with Crippen molar-refractivity contribution in [2.45, 2.75) is 11.4 Å². The van der Waals surface area contributed by atoms with Crippen LogP contribution in [0.5, 0.6) is 0 Å². The predicted octanol–water partition coefficient (Wildman–Crippen LogP) is 2.74. The third-order valence-electron chi connectivity index (χ3n) is 3.28. The minimum atomic E-state index is -3.80. The van der Waals surface area contributed by atoms with Gasteiger partial charge in [-0.2, -0.15) is 5.10 Å². The first-order chi connectivity index (χ1) is 11.5. The van der Waals surface area contributed by atoms with Crippen LogP contribution in [0.2, 0.25) is 5.02 Å². The molecule has 2 N–H and O–H groups in total. The summed E-state index contributed by atoms with van der Waals surface area (Å²) in [6, 6.07) is 10.4. The molecule has 3 rings (SSSR count). The van der Waals surface area contributed by atoms with E-state index in [9.17, 15) is 12.8 Å². The molecule has 24 heavy (non-hydrogen) atoms. The van der Waals surface area contributed by atoms with Crippen LogP contribution in [0.3, 0.4) is 0 Å². The highest BCUT2D eigenvalue weighted by atomic mass is 35.5. The lowest BCUT2D eigenvalue weighted by molar-refractivity contribution is 0.580. The zero-order chi connectivity index (χ0) is 17.2. The van der Waals surface area contributed by atoms with Crippen molar-refractivity contribution in [1.29, 1.82) is 0 Å². The summed E-state index contributed by atoms with van der Waals surface area (Å²) < 4.78 is 40.1. The molecule has 0 spiro atoms. The molecule has 0 bridgehead atoms. The van der Waals surface area contributed by atoms with Gasteiger partial charge in [-0.05, 0) is 29.8 Å². The molecule has 6 nitrogen and oxygen atoms in total. The molecule has 0 radical (unpaired) electrons. The van der Waals surface area contributed by atoms with E-state index in [2.05, 4.69) is 19.9 Å². The summed E-state index contributed by atoms with van der Waals surface area (Å²) in [5.41, 5.74) is 1.52. The maximum absolute atomic E-state index is 13.2. The summed E-state index contributed by atoms with van der Waals surface area (Å²) in [5.74, 6) is -0.0830. The van der Waals surface area contributed by atoms with Gasteiger partial charge in [0, 0.05) is 12.1 Å². The molecule has 0 saturated carbocycles. The molecule has 9 heteroatoms. The Hall–Kier alpha value is -2.29. The maximum Gasteiger partial charge on any atom is 0.240 e. The van der Waals surface area contributed by atoms with Crippen LogP contribution < -0.4 is 4.72 Å². The average molecular weight is 367 g/mol. The standard InChI is InChI=1S/C15H12ClFN4O2S/c16-13-7-12(4-5-14(13)17)24(22,23)20-8-10-2-1-3-11(6-10)15-18-9-19-21-15/h1-7,9,20H,8H2,(H,18,19,21). The van der Waals surface area contributed by atoms with Gasteiger partial charge < -0.3 is 0 Å². The molecule has 0 aliphatic rings. The second kappa shape index (κ2) is 6.68. The molecule has 0 unspecified atom stereocenters. The average Bonchev–Trinajstić information content (AvgIpc) is 3.10. The number of aromatic amines is 1. The Kier molecular flexibility index (Phi) is 4.61. The summed E-state index contributed by atoms with van der Waals surface area (Å²) in [6.07, 6.45) is 1.39. The van der Waals surface area contributed by atoms with Gasteiger partial charge in [-0.25, -0.2) is 22.5 Å². The third-order valence-corrected chi connectivity index (χ3v) is 4.97. The number of hydrogen-bond donors (Lipinski definition) is 2. The Morgan fingerprint density at radius 1 is 1.21 bits per heavy atom. The number of H-pyrrole nitrogens is 1. The van der Waals surface area contributed by atoms with Crippen molar-refractivity contribution >= 4 is 21.6 Å². The normalized spacial score (nSPS) is 11.6. The molecule has 0 fully saturated rings. The van der Waals surface area contributed by atoms with Crippen LogP contribution in [-0.4, -0.2) is 23.6 Å². The van der Waals surface area contributed by atoms with Crippen molar-refractivity contribution < 1.29 is 12.8 Å². The number of nitrogens with zero attached hydrogens (tertiary/aromatic N) is 2. The van der Waals surface area contributed by atoms with Crippen molar-refractivity contribution in [3.05, 3.63) is 65.2 Å². The van der Waals surface area contributed by atoms with E-state index in [1.165, 1.54) is 6.33 Å². The molecule has 0 amide bonds. The van der Waals surface area contributed by atoms with Crippen LogP contribution >= 0.6 is 11.6 Å². The lowest BCUT2D eigenvalue weighted by Crippen LogP contribution is -2.23. The number of benzene rings is 2. The van der Waals surface area contributed by atoms with E-state index in [0.717, 1.165) is 29.3 Å². The van der Waals surface area contributed by atoms with Crippen LogP contribution in [0.1, 0.15) is 5.56 Å². The number of nitrogens with one attached hydrogen (secondary N) is 2. The van der Waals surface area contributed by atoms with Crippen molar-refractivity contribution in [3.8, 4) is 11.4 Å². The number of aromatic nitrogens is 3. The van der Waals surface area contributed by atoms with Gasteiger partial charge in [-0.1, -0.05) is 29.8 Å². The third kappa shape index (κ3) is 3.61. The number of hydrogen-bond acceptors (Lipinski definition) is 4. The molecule has 1 heterocycles. The summed E-state index contributed by atoms with van der Waals surface area (Å²) in [6.45, 7) is 0.0688. The fraction of sp³-hybridized carbons (Fsp3) is 0.0667. The summed E-state index contributed by atoms with van der Waals surface area (Å²) in [5, 5.41) is 6.27. The molecule has 0 saturated heterocycles. The summed E-state index contributed by atoms with van der Waals surface area (Å²) in [4.78, 5) is 3.95. The van der Waals surface area contributed by atoms with Gasteiger partial charge >= 0.3 is 0 Å². The van der Waals surface area contributed by atoms with Crippen molar-refractivity contribution in [2.24, 2.45) is 0 Å². The lowest BCUT2D eigenvalue weighted by atomic mass is 10.1. The lowest BCUT2D eigenvalue weighted by Gasteiger charge is -2.08. The van der Waals surface area contributed by atoms with Gasteiger partial charge in [0.25, 0.3) is 0 Å². The van der Waals surface area contributed by atoms with E-state index in [1.54, 1.807) is 18.2 Å². The van der Waals surface area contributed by atoms with E-state index in [-0.39, 0.29) is 16.5 Å². The molecule has 124 valence electrons. The highest BCUT2D eigenvalue weighted by molar-refractivity contribution is 7.89. The van der Waals surface area contributed by atoms with Crippen LogP contribution in [0.4, 0.5) is 4.39 Å². The van der Waals surface area contributed by atoms with Crippen LogP contribution in [0.25, 0.3) is 11.4 Å². The fourth-order valence-corrected chi connectivity index (χ4v) is 3.37. The highest BCUT2D eigenvalue weighted by Crippen LogP contribution is 2.20. The Labute approximate surface area is 142 Å². The fourth-order valence-electron chi connectivity index (χ4n) is 2.08. The van der Waals surface area contributed by atoms with E-state index in [4.69, 9.17) is 11.6 Å². The zero-order valence-corrected chi connectivity index (χ0v) is 13.8. The van der Waals surface area contributed by atoms with Crippen LogP contribution in [0.15, 0.2) is 53.7 Å². The second-order valence-corrected chi connectivity index (χ2v) is 7.11. The van der Waals surface area contributed by atoms with Gasteiger partial charge in [-0.3, -0.25) is 5.10 Å². The van der Waals surface area contributed by atoms with Gasteiger partial charge in [0.2, 0.25) is 10.0 Å². The maximum atomic E-state index is 13.2. The van der Waals surface area contributed by atoms with E-state index in [1.807, 2.05) is 6.07 Å². The minimum Gasteiger partial charge on any atom is -0.259 e. The SMILES string of the molecule is O=S(=O)(NCc1cccc(-c2ncn[nH]2)c1)c1ccc(F)c(Cl)c1. The topological polar surface area (TPSA) is 87.7 Å². The minimum absolute atomic E-state index is 0.0688. The number of rotatable bonds is 5. The second-order valence-electron chi connectivity index (χ2n) is 4.93. The molecule has 0 aliphatic heterocycles. The predicted molar refractivity (Wildman–Crippen MR) is 87.3 cm³/mol. The van der Waals surface area contributed by atoms with Gasteiger partial charge in [0.15, 0.2) is 5.82 Å². The Balaban J connectivity index is 1.77. The molecular weight excluding hydrogens is 355 g/mol. The molecule has 3 aromatic rings. The monoisotopic (exact) mass is 366 g/mol. The Morgan fingerprint density at radius 2 is 2.04 bits per heavy atom. The van der Waals surface area contributed by atoms with E-state index >= 15 is 0 Å². The molecule has 2 aromatic carbocycles. The van der Waals surface area contributed by atoms with Crippen LogP contribution in [-0.2, 0) is 16.6 Å². The quantitative estimate of drug-likeness (QED) is 0.726. The Morgan fingerprint density at radius 3 is 2.75 bits per heavy atom. The van der Waals surface area contributed by atoms with Gasteiger partial charge in [0.1, 0.15) is 12.1 Å². The Bertz CT molecular complexity index is 961. The molecule has 0 atom stereocenters. The van der Waals surface area contributed by atoms with Crippen molar-refractivity contribution in [2.75, 3.05) is 0 Å². The van der Waals surface area contributed by atoms with E-state index in [0.29, 0.717) is 5.82 Å². The zero-order valence-electron chi connectivity index (χ0n) is 12.2. The summed E-state index contributed by atoms with van der Waals surface area (Å²) in [7, 11) is -3.80. The first kappa shape index (κ1) is 16.6. The molecule has 0 aliphatic carbocycles. The number of halogens is 2. The molecular formula is C15H12ClFN4O2S. The largest absolute Gasteiger partial charge is 0.259 e. The first-order valence-electron chi connectivity index (χ1n) is 6.85. The summed E-state index contributed by atoms with van der Waals surface area (Å²) >= 11 is 5.63. The smallest absolute Gasteiger partial charge is 0.240 e. The van der Waals surface area contributed by atoms with Crippen LogP contribution in [0, 0.1) is 5.82 Å². The van der Waals surface area contributed by atoms with Gasteiger partial charge in [0.05, 0.1) is 9.92 Å². The molecule has 1 aromatic heterocycles. The first-order valence-corrected chi connectivity index (χ1v) is 8.71. The highest BCUT2D eigenvalue weighted by Gasteiger charge is 2.15. The van der Waals surface area contributed by atoms with Gasteiger partial charge in [-0.15, -0.1) is 0 Å². The number of sulfonamides is 1. The van der Waals surface area contributed by atoms with Crippen molar-refractivity contribution in [3.63, 3.8) is 0 Å². The van der Waals surface area contributed by atoms with Crippen molar-refractivity contribution in [1.82, 2.24) is 19.9 Å².